The van der Waals surface area contributed by atoms with Crippen LogP contribution in [0, 0.1) is 6.92 Å². The summed E-state index contributed by atoms with van der Waals surface area (Å²) in [5.74, 6) is 2.89. The van der Waals surface area contributed by atoms with E-state index in [4.69, 9.17) is 10.2 Å². The fourth-order valence-corrected chi connectivity index (χ4v) is 2.52. The van der Waals surface area contributed by atoms with Crippen molar-refractivity contribution in [1.82, 2.24) is 0 Å². The summed E-state index contributed by atoms with van der Waals surface area (Å²) >= 11 is 1.84. The summed E-state index contributed by atoms with van der Waals surface area (Å²) < 4.78 is 5.28. The Bertz CT molecular complexity index is 451. The van der Waals surface area contributed by atoms with Gasteiger partial charge in [-0.1, -0.05) is 12.1 Å². The Kier molecular flexibility index (Phi) is 3.57. The molecule has 1 heterocycles. The Labute approximate surface area is 99.8 Å². The van der Waals surface area contributed by atoms with Crippen LogP contribution in [0.1, 0.15) is 16.9 Å². The summed E-state index contributed by atoms with van der Waals surface area (Å²) in [6.45, 7) is 2.07. The highest BCUT2D eigenvalue weighted by atomic mass is 32.2. The SMILES string of the molecule is Cc1c(N)cccc1CSCc1ccco1. The van der Waals surface area contributed by atoms with E-state index in [-0.39, 0.29) is 0 Å². The molecule has 2 N–H and O–H groups in total. The average molecular weight is 233 g/mol. The molecular weight excluding hydrogens is 218 g/mol. The topological polar surface area (TPSA) is 39.2 Å². The van der Waals surface area contributed by atoms with Crippen LogP contribution in [0.5, 0.6) is 0 Å². The largest absolute Gasteiger partial charge is 0.468 e. The van der Waals surface area contributed by atoms with E-state index in [1.807, 2.05) is 36.0 Å². The van der Waals surface area contributed by atoms with E-state index >= 15 is 0 Å². The van der Waals surface area contributed by atoms with E-state index in [9.17, 15) is 0 Å². The van der Waals surface area contributed by atoms with E-state index in [1.54, 1.807) is 6.26 Å². The molecule has 0 radical (unpaired) electrons. The molecule has 0 saturated carbocycles. The third kappa shape index (κ3) is 2.61. The van der Waals surface area contributed by atoms with Gasteiger partial charge in [-0.3, -0.25) is 0 Å². The second kappa shape index (κ2) is 5.12. The highest BCUT2D eigenvalue weighted by Gasteiger charge is 2.02. The maximum Gasteiger partial charge on any atom is 0.113 e. The van der Waals surface area contributed by atoms with Gasteiger partial charge in [0.2, 0.25) is 0 Å². The normalized spacial score (nSPS) is 10.6. The fourth-order valence-electron chi connectivity index (χ4n) is 1.52. The molecule has 0 unspecified atom stereocenters. The molecule has 1 aromatic carbocycles. The Morgan fingerprint density at radius 3 is 2.81 bits per heavy atom. The van der Waals surface area contributed by atoms with Gasteiger partial charge in [-0.2, -0.15) is 0 Å². The standard InChI is InChI=1S/C13H15NOS/c1-10-11(4-2-6-13(10)14)8-16-9-12-5-3-7-15-12/h2-7H,8-9,14H2,1H3. The first-order valence-corrected chi connectivity index (χ1v) is 6.37. The minimum Gasteiger partial charge on any atom is -0.468 e. The molecule has 0 spiro atoms. The molecule has 0 saturated heterocycles. The van der Waals surface area contributed by atoms with Crippen molar-refractivity contribution in [2.24, 2.45) is 0 Å². The first-order chi connectivity index (χ1) is 7.77. The molecule has 84 valence electrons. The van der Waals surface area contributed by atoms with Crippen molar-refractivity contribution in [2.75, 3.05) is 5.73 Å². The van der Waals surface area contributed by atoms with Gasteiger partial charge in [-0.15, -0.1) is 11.8 Å². The number of furan rings is 1. The van der Waals surface area contributed by atoms with Crippen LogP contribution < -0.4 is 5.73 Å². The first-order valence-electron chi connectivity index (χ1n) is 5.21. The highest BCUT2D eigenvalue weighted by molar-refractivity contribution is 7.97. The zero-order chi connectivity index (χ0) is 11.4. The second-order valence-electron chi connectivity index (χ2n) is 3.70. The van der Waals surface area contributed by atoms with E-state index < -0.39 is 0 Å². The van der Waals surface area contributed by atoms with Gasteiger partial charge in [0.15, 0.2) is 0 Å². The van der Waals surface area contributed by atoms with Crippen LogP contribution in [0.25, 0.3) is 0 Å². The zero-order valence-corrected chi connectivity index (χ0v) is 10.1. The molecule has 0 aliphatic rings. The van der Waals surface area contributed by atoms with Crippen LogP contribution >= 0.6 is 11.8 Å². The number of hydrogen-bond donors (Lipinski definition) is 1. The zero-order valence-electron chi connectivity index (χ0n) is 9.27. The quantitative estimate of drug-likeness (QED) is 0.820. The van der Waals surface area contributed by atoms with Gasteiger partial charge >= 0.3 is 0 Å². The van der Waals surface area contributed by atoms with Gasteiger partial charge in [-0.05, 0) is 36.2 Å². The van der Waals surface area contributed by atoms with Crippen molar-refractivity contribution in [3.63, 3.8) is 0 Å². The van der Waals surface area contributed by atoms with Gasteiger partial charge in [0, 0.05) is 11.4 Å². The smallest absolute Gasteiger partial charge is 0.113 e. The molecule has 0 amide bonds. The fraction of sp³-hybridized carbons (Fsp3) is 0.231. The van der Waals surface area contributed by atoms with E-state index in [0.29, 0.717) is 0 Å². The van der Waals surface area contributed by atoms with Crippen molar-refractivity contribution in [2.45, 2.75) is 18.4 Å². The lowest BCUT2D eigenvalue weighted by Crippen LogP contribution is -1.94. The predicted molar refractivity (Wildman–Crippen MR) is 69.3 cm³/mol. The van der Waals surface area contributed by atoms with Gasteiger partial charge < -0.3 is 10.2 Å². The molecule has 3 heteroatoms. The third-order valence-electron chi connectivity index (χ3n) is 2.57. The summed E-state index contributed by atoms with van der Waals surface area (Å²) in [6.07, 6.45) is 1.71. The number of nitrogen functional groups attached to an aromatic ring is 1. The average Bonchev–Trinajstić information content (AvgIpc) is 2.77. The number of thioether (sulfide) groups is 1. The van der Waals surface area contributed by atoms with E-state index in [0.717, 1.165) is 23.0 Å². The molecule has 0 fully saturated rings. The minimum absolute atomic E-state index is 0.871. The molecule has 16 heavy (non-hydrogen) atoms. The van der Waals surface area contributed by atoms with E-state index in [2.05, 4.69) is 13.0 Å². The lowest BCUT2D eigenvalue weighted by molar-refractivity contribution is 0.530. The van der Waals surface area contributed by atoms with Crippen LogP contribution in [0.3, 0.4) is 0 Å². The third-order valence-corrected chi connectivity index (χ3v) is 3.57. The molecule has 2 rings (SSSR count). The lowest BCUT2D eigenvalue weighted by atomic mass is 10.1. The Balaban J connectivity index is 1.92. The van der Waals surface area contributed by atoms with Crippen LogP contribution in [-0.2, 0) is 11.5 Å². The lowest BCUT2D eigenvalue weighted by Gasteiger charge is -2.07. The Hall–Kier alpha value is -1.35. The van der Waals surface area contributed by atoms with Gasteiger partial charge in [0.25, 0.3) is 0 Å². The monoisotopic (exact) mass is 233 g/mol. The highest BCUT2D eigenvalue weighted by Crippen LogP contribution is 2.23. The van der Waals surface area contributed by atoms with Gasteiger partial charge in [-0.25, -0.2) is 0 Å². The van der Waals surface area contributed by atoms with Crippen molar-refractivity contribution < 1.29 is 4.42 Å². The number of benzene rings is 1. The molecule has 0 aliphatic heterocycles. The summed E-state index contributed by atoms with van der Waals surface area (Å²) in [5, 5.41) is 0. The number of hydrogen-bond acceptors (Lipinski definition) is 3. The number of rotatable bonds is 4. The number of nitrogens with two attached hydrogens (primary N) is 1. The van der Waals surface area contributed by atoms with Crippen molar-refractivity contribution in [1.29, 1.82) is 0 Å². The summed E-state index contributed by atoms with van der Waals surface area (Å²) in [5.41, 5.74) is 9.22. The van der Waals surface area contributed by atoms with Crippen molar-refractivity contribution >= 4 is 17.4 Å². The molecule has 2 nitrogen and oxygen atoms in total. The summed E-state index contributed by atoms with van der Waals surface area (Å²) in [4.78, 5) is 0. The van der Waals surface area contributed by atoms with Crippen LogP contribution in [0.15, 0.2) is 41.0 Å². The molecule has 0 bridgehead atoms. The molecule has 2 aromatic rings. The van der Waals surface area contributed by atoms with Crippen LogP contribution in [0.2, 0.25) is 0 Å². The van der Waals surface area contributed by atoms with Gasteiger partial charge in [0.05, 0.1) is 12.0 Å². The first kappa shape index (κ1) is 11.1. The van der Waals surface area contributed by atoms with Crippen molar-refractivity contribution in [3.8, 4) is 0 Å². The maximum absolute atomic E-state index is 5.86. The molecule has 1 aromatic heterocycles. The predicted octanol–water partition coefficient (Wildman–Crippen LogP) is 3.60. The molecule has 0 aliphatic carbocycles. The van der Waals surface area contributed by atoms with Gasteiger partial charge in [0.1, 0.15) is 5.76 Å². The van der Waals surface area contributed by atoms with E-state index in [1.165, 1.54) is 11.1 Å². The Morgan fingerprint density at radius 1 is 1.19 bits per heavy atom. The second-order valence-corrected chi connectivity index (χ2v) is 4.69. The summed E-state index contributed by atoms with van der Waals surface area (Å²) in [7, 11) is 0. The minimum atomic E-state index is 0.871. The Morgan fingerprint density at radius 2 is 2.06 bits per heavy atom. The number of anilines is 1. The molecular formula is C13H15NOS. The van der Waals surface area contributed by atoms with Crippen LogP contribution in [-0.4, -0.2) is 0 Å². The van der Waals surface area contributed by atoms with Crippen molar-refractivity contribution in [3.05, 3.63) is 53.5 Å². The summed E-state index contributed by atoms with van der Waals surface area (Å²) in [6, 6.07) is 9.99. The van der Waals surface area contributed by atoms with Crippen LogP contribution in [0.4, 0.5) is 5.69 Å². The molecule has 0 atom stereocenters. The maximum atomic E-state index is 5.86.